The van der Waals surface area contributed by atoms with Crippen molar-refractivity contribution < 1.29 is 9.53 Å². The summed E-state index contributed by atoms with van der Waals surface area (Å²) in [4.78, 5) is 23.0. The van der Waals surface area contributed by atoms with Gasteiger partial charge in [-0.15, -0.1) is 0 Å². The summed E-state index contributed by atoms with van der Waals surface area (Å²) in [5, 5.41) is 0.875. The minimum atomic E-state index is -0.198. The van der Waals surface area contributed by atoms with Crippen LogP contribution < -0.4 is 16.2 Å². The fourth-order valence-electron chi connectivity index (χ4n) is 5.88. The van der Waals surface area contributed by atoms with Crippen LogP contribution in [0.4, 0.5) is 5.82 Å². The van der Waals surface area contributed by atoms with Crippen LogP contribution in [0, 0.1) is 5.92 Å². The lowest BCUT2D eigenvalue weighted by atomic mass is 9.79. The summed E-state index contributed by atoms with van der Waals surface area (Å²) in [5.41, 5.74) is 16.0. The summed E-state index contributed by atoms with van der Waals surface area (Å²) in [6.45, 7) is 2.39. The molecule has 2 aromatic carbocycles. The summed E-state index contributed by atoms with van der Waals surface area (Å²) in [7, 11) is 0. The molecule has 1 amide bonds. The van der Waals surface area contributed by atoms with E-state index in [1.807, 2.05) is 30.3 Å². The monoisotopic (exact) mass is 496 g/mol. The molecule has 0 radical (unpaired) electrons. The molecule has 2 fully saturated rings. The van der Waals surface area contributed by atoms with Crippen LogP contribution in [0.25, 0.3) is 22.2 Å². The highest BCUT2D eigenvalue weighted by atomic mass is 16.5. The van der Waals surface area contributed by atoms with E-state index in [0.717, 1.165) is 72.2 Å². The van der Waals surface area contributed by atoms with Crippen molar-refractivity contribution in [3.05, 3.63) is 72.7 Å². The number of fused-ring (bicyclic) bond motifs is 1. The number of benzene rings is 2. The molecular formula is C29H32N6O2. The van der Waals surface area contributed by atoms with Crippen molar-refractivity contribution >= 4 is 22.8 Å². The molecular weight excluding hydrogens is 464 g/mol. The van der Waals surface area contributed by atoms with Crippen LogP contribution >= 0.6 is 0 Å². The zero-order valence-electron chi connectivity index (χ0n) is 20.8. The average Bonchev–Trinajstić information content (AvgIpc) is 3.51. The number of carbonyl (C=O) groups is 1. The van der Waals surface area contributed by atoms with Gasteiger partial charge in [-0.3, -0.25) is 9.69 Å². The Labute approximate surface area is 216 Å². The van der Waals surface area contributed by atoms with Crippen molar-refractivity contribution in [3.8, 4) is 16.9 Å². The molecule has 2 aliphatic rings. The lowest BCUT2D eigenvalue weighted by Crippen LogP contribution is -2.44. The molecule has 1 saturated heterocycles. The van der Waals surface area contributed by atoms with Crippen LogP contribution in [-0.2, 0) is 11.4 Å². The van der Waals surface area contributed by atoms with Crippen molar-refractivity contribution in [2.45, 2.75) is 44.4 Å². The molecule has 2 aromatic heterocycles. The second kappa shape index (κ2) is 9.86. The van der Waals surface area contributed by atoms with Gasteiger partial charge in [0, 0.05) is 24.3 Å². The van der Waals surface area contributed by atoms with Crippen molar-refractivity contribution in [2.75, 3.05) is 18.8 Å². The van der Waals surface area contributed by atoms with Crippen LogP contribution in [0.1, 0.15) is 37.3 Å². The van der Waals surface area contributed by atoms with E-state index in [4.69, 9.17) is 16.2 Å². The Morgan fingerprint density at radius 2 is 1.92 bits per heavy atom. The SMILES string of the molecule is NC(=O)[C@@H]1CCCN1CC1CC(n2cc(-c3cccc(OCc4ccccc4)c3)c3c(N)ncnc32)C1. The van der Waals surface area contributed by atoms with E-state index in [9.17, 15) is 4.79 Å². The molecule has 6 rings (SSSR count). The smallest absolute Gasteiger partial charge is 0.234 e. The molecule has 4 aromatic rings. The minimum Gasteiger partial charge on any atom is -0.489 e. The average molecular weight is 497 g/mol. The number of nitrogens with two attached hydrogens (primary N) is 2. The van der Waals surface area contributed by atoms with Crippen LogP contribution in [0.5, 0.6) is 5.75 Å². The van der Waals surface area contributed by atoms with E-state index in [2.05, 4.69) is 49.9 Å². The highest BCUT2D eigenvalue weighted by Crippen LogP contribution is 2.44. The maximum Gasteiger partial charge on any atom is 0.234 e. The molecule has 0 unspecified atom stereocenters. The highest BCUT2D eigenvalue weighted by molar-refractivity contribution is 6.00. The molecule has 1 aliphatic heterocycles. The lowest BCUT2D eigenvalue weighted by molar-refractivity contribution is -0.122. The second-order valence-corrected chi connectivity index (χ2v) is 10.3. The molecule has 8 nitrogen and oxygen atoms in total. The summed E-state index contributed by atoms with van der Waals surface area (Å²) >= 11 is 0. The van der Waals surface area contributed by atoms with Gasteiger partial charge in [0.2, 0.25) is 5.91 Å². The number of amides is 1. The predicted octanol–water partition coefficient (Wildman–Crippen LogP) is 4.16. The molecule has 4 N–H and O–H groups in total. The van der Waals surface area contributed by atoms with E-state index in [0.29, 0.717) is 24.4 Å². The van der Waals surface area contributed by atoms with Gasteiger partial charge < -0.3 is 20.8 Å². The Hall–Kier alpha value is -3.91. The Morgan fingerprint density at radius 1 is 1.08 bits per heavy atom. The van der Waals surface area contributed by atoms with Gasteiger partial charge in [-0.25, -0.2) is 9.97 Å². The van der Waals surface area contributed by atoms with E-state index < -0.39 is 0 Å². The van der Waals surface area contributed by atoms with Gasteiger partial charge in [-0.1, -0.05) is 42.5 Å². The largest absolute Gasteiger partial charge is 0.489 e. The van der Waals surface area contributed by atoms with Crippen LogP contribution in [0.15, 0.2) is 67.1 Å². The minimum absolute atomic E-state index is 0.109. The molecule has 0 bridgehead atoms. The van der Waals surface area contributed by atoms with Gasteiger partial charge in [-0.05, 0) is 61.4 Å². The maximum absolute atomic E-state index is 11.8. The first kappa shape index (κ1) is 23.5. The number of anilines is 1. The van der Waals surface area contributed by atoms with Gasteiger partial charge in [-0.2, -0.15) is 0 Å². The molecule has 1 atom stereocenters. The molecule has 0 spiro atoms. The summed E-state index contributed by atoms with van der Waals surface area (Å²) < 4.78 is 8.34. The fourth-order valence-corrected chi connectivity index (χ4v) is 5.88. The molecule has 1 saturated carbocycles. The van der Waals surface area contributed by atoms with Crippen LogP contribution in [0.3, 0.4) is 0 Å². The topological polar surface area (TPSA) is 112 Å². The normalized spacial score (nSPS) is 21.7. The summed E-state index contributed by atoms with van der Waals surface area (Å²) in [5.74, 6) is 1.62. The standard InChI is InChI=1S/C29H32N6O2/c30-27-26-24(21-8-4-9-23(14-21)37-17-19-6-2-1-3-7-19)16-35(29(26)33-18-32-27)22-12-20(13-22)15-34-11-5-10-25(34)28(31)36/h1-4,6-9,14,16,18,20,22,25H,5,10-13,15,17H2,(H2,31,36)(H2,30,32,33)/t20?,22?,25-/m0/s1. The predicted molar refractivity (Wildman–Crippen MR) is 144 cm³/mol. The third kappa shape index (κ3) is 4.64. The zero-order chi connectivity index (χ0) is 25.4. The van der Waals surface area contributed by atoms with Crippen molar-refractivity contribution in [1.29, 1.82) is 0 Å². The van der Waals surface area contributed by atoms with Gasteiger partial charge in [0.15, 0.2) is 0 Å². The number of primary amides is 1. The third-order valence-corrected chi connectivity index (χ3v) is 7.82. The number of aromatic nitrogens is 3. The number of likely N-dealkylation sites (tertiary alicyclic amines) is 1. The molecule has 190 valence electrons. The molecule has 1 aliphatic carbocycles. The quantitative estimate of drug-likeness (QED) is 0.379. The van der Waals surface area contributed by atoms with E-state index >= 15 is 0 Å². The summed E-state index contributed by atoms with van der Waals surface area (Å²) in [6.07, 6.45) is 7.69. The lowest BCUT2D eigenvalue weighted by Gasteiger charge is -2.39. The highest BCUT2D eigenvalue weighted by Gasteiger charge is 2.37. The summed E-state index contributed by atoms with van der Waals surface area (Å²) in [6, 6.07) is 18.5. The Morgan fingerprint density at radius 3 is 2.73 bits per heavy atom. The van der Waals surface area contributed by atoms with Gasteiger partial charge >= 0.3 is 0 Å². The van der Waals surface area contributed by atoms with E-state index in [1.165, 1.54) is 6.33 Å². The first-order chi connectivity index (χ1) is 18.1. The van der Waals surface area contributed by atoms with Crippen molar-refractivity contribution in [3.63, 3.8) is 0 Å². The van der Waals surface area contributed by atoms with Crippen LogP contribution in [0.2, 0.25) is 0 Å². The first-order valence-corrected chi connectivity index (χ1v) is 13.0. The van der Waals surface area contributed by atoms with Crippen LogP contribution in [-0.4, -0.2) is 44.5 Å². The van der Waals surface area contributed by atoms with Gasteiger partial charge in [0.05, 0.1) is 11.4 Å². The Kier molecular flexibility index (Phi) is 6.26. The van der Waals surface area contributed by atoms with Crippen molar-refractivity contribution in [1.82, 2.24) is 19.4 Å². The molecule has 3 heterocycles. The van der Waals surface area contributed by atoms with E-state index in [-0.39, 0.29) is 11.9 Å². The first-order valence-electron chi connectivity index (χ1n) is 13.0. The number of carbonyl (C=O) groups excluding carboxylic acids is 1. The zero-order valence-corrected chi connectivity index (χ0v) is 20.8. The van der Waals surface area contributed by atoms with Crippen molar-refractivity contribution in [2.24, 2.45) is 11.7 Å². The number of nitrogen functional groups attached to an aromatic ring is 1. The maximum atomic E-state index is 11.8. The second-order valence-electron chi connectivity index (χ2n) is 10.3. The Bertz CT molecular complexity index is 1410. The fraction of sp³-hybridized carbons (Fsp3) is 0.345. The van der Waals surface area contributed by atoms with E-state index in [1.54, 1.807) is 0 Å². The molecule has 37 heavy (non-hydrogen) atoms. The third-order valence-electron chi connectivity index (χ3n) is 7.82. The number of hydrogen-bond donors (Lipinski definition) is 2. The number of ether oxygens (including phenoxy) is 1. The van der Waals surface area contributed by atoms with Gasteiger partial charge in [0.1, 0.15) is 30.1 Å². The molecule has 8 heteroatoms. The van der Waals surface area contributed by atoms with Gasteiger partial charge in [0.25, 0.3) is 0 Å². The number of nitrogens with zero attached hydrogens (tertiary/aromatic N) is 4. The number of rotatable bonds is 8. The number of hydrogen-bond acceptors (Lipinski definition) is 6. The Balaban J connectivity index is 1.22.